The Kier molecular flexibility index (Phi) is 6.81. The maximum absolute atomic E-state index is 13.8. The molecule has 1 saturated heterocycles. The van der Waals surface area contributed by atoms with E-state index in [9.17, 15) is 14.4 Å². The highest BCUT2D eigenvalue weighted by Gasteiger charge is 2.31. The van der Waals surface area contributed by atoms with E-state index in [-0.39, 0.29) is 30.3 Å². The molecule has 2 aliphatic heterocycles. The Bertz CT molecular complexity index is 1420. The molecular weight excluding hydrogens is 536 g/mol. The van der Waals surface area contributed by atoms with Gasteiger partial charge in [0.15, 0.2) is 0 Å². The van der Waals surface area contributed by atoms with Crippen LogP contribution in [0.15, 0.2) is 53.7 Å². The number of hydrogen-bond acceptors (Lipinski definition) is 4. The largest absolute Gasteiger partial charge is 0.496 e. The van der Waals surface area contributed by atoms with E-state index in [1.807, 2.05) is 46.7 Å². The third-order valence-electron chi connectivity index (χ3n) is 7.14. The fraction of sp³-hybridized carbons (Fsp3) is 0.321. The molecule has 0 saturated carbocycles. The second-order valence-corrected chi connectivity index (χ2v) is 10.5. The van der Waals surface area contributed by atoms with E-state index in [1.54, 1.807) is 18.2 Å². The van der Waals surface area contributed by atoms with Crippen molar-refractivity contribution in [3.8, 4) is 5.75 Å². The molecule has 2 aromatic carbocycles. The Morgan fingerprint density at radius 3 is 2.73 bits per heavy atom. The van der Waals surface area contributed by atoms with E-state index >= 15 is 0 Å². The van der Waals surface area contributed by atoms with Crippen LogP contribution in [0, 0.1) is 6.92 Å². The number of halogens is 1. The molecule has 0 spiro atoms. The topological polar surface area (TPSA) is 83.9 Å². The maximum atomic E-state index is 13.8. The van der Waals surface area contributed by atoms with Gasteiger partial charge in [0.05, 0.1) is 24.2 Å². The van der Waals surface area contributed by atoms with Gasteiger partial charge in [-0.05, 0) is 48.7 Å². The summed E-state index contributed by atoms with van der Waals surface area (Å²) in [5.41, 5.74) is 4.64. The summed E-state index contributed by atoms with van der Waals surface area (Å²) in [5, 5.41) is 3.80. The number of ether oxygens (including phenoxy) is 1. The Morgan fingerprint density at radius 1 is 1.22 bits per heavy atom. The summed E-state index contributed by atoms with van der Waals surface area (Å²) in [7, 11) is 1.67. The first kappa shape index (κ1) is 25.1. The quantitative estimate of drug-likeness (QED) is 0.465. The normalized spacial score (nSPS) is 15.2. The van der Waals surface area contributed by atoms with Crippen LogP contribution in [0.25, 0.3) is 10.9 Å². The number of amides is 3. The van der Waals surface area contributed by atoms with Gasteiger partial charge in [0.2, 0.25) is 11.8 Å². The van der Waals surface area contributed by atoms with Crippen molar-refractivity contribution in [2.75, 3.05) is 26.7 Å². The summed E-state index contributed by atoms with van der Waals surface area (Å²) < 4.78 is 8.24. The summed E-state index contributed by atoms with van der Waals surface area (Å²) in [5.74, 6) is 0.501. The number of hydrogen-bond donors (Lipinski definition) is 1. The number of likely N-dealkylation sites (tertiary alicyclic amines) is 1. The second-order valence-electron chi connectivity index (χ2n) is 9.58. The first-order chi connectivity index (χ1) is 17.8. The lowest BCUT2D eigenvalue weighted by molar-refractivity contribution is -0.133. The van der Waals surface area contributed by atoms with Crippen molar-refractivity contribution in [3.05, 3.63) is 75.9 Å². The van der Waals surface area contributed by atoms with Crippen LogP contribution in [-0.4, -0.2) is 64.9 Å². The van der Waals surface area contributed by atoms with Crippen LogP contribution < -0.4 is 10.1 Å². The molecule has 3 aromatic rings. The lowest BCUT2D eigenvalue weighted by Crippen LogP contribution is -2.61. The maximum Gasteiger partial charge on any atom is 0.256 e. The molecule has 1 fully saturated rings. The molecule has 8 nitrogen and oxygen atoms in total. The molecule has 1 aromatic heterocycles. The lowest BCUT2D eigenvalue weighted by atomic mass is 9.98. The van der Waals surface area contributed by atoms with Gasteiger partial charge in [-0.1, -0.05) is 34.6 Å². The fourth-order valence-electron chi connectivity index (χ4n) is 5.32. The van der Waals surface area contributed by atoms with Gasteiger partial charge in [-0.15, -0.1) is 0 Å². The van der Waals surface area contributed by atoms with Gasteiger partial charge in [0.25, 0.3) is 5.91 Å². The summed E-state index contributed by atoms with van der Waals surface area (Å²) in [4.78, 5) is 41.8. The van der Waals surface area contributed by atoms with E-state index < -0.39 is 0 Å². The van der Waals surface area contributed by atoms with Crippen LogP contribution in [0.1, 0.15) is 27.0 Å². The van der Waals surface area contributed by atoms with E-state index in [2.05, 4.69) is 27.8 Å². The van der Waals surface area contributed by atoms with Gasteiger partial charge in [0, 0.05) is 47.8 Å². The number of aromatic nitrogens is 1. The van der Waals surface area contributed by atoms with Crippen molar-refractivity contribution >= 4 is 44.6 Å². The molecular formula is C28H29BrN4O4. The third kappa shape index (κ3) is 4.75. The number of fused-ring (bicyclic) bond motifs is 2. The van der Waals surface area contributed by atoms with Crippen molar-refractivity contribution in [2.24, 2.45) is 0 Å². The molecule has 0 atom stereocenters. The molecule has 5 rings (SSSR count). The van der Waals surface area contributed by atoms with Crippen LogP contribution in [0.5, 0.6) is 5.75 Å². The average molecular weight is 565 g/mol. The molecule has 0 radical (unpaired) electrons. The highest BCUT2D eigenvalue weighted by molar-refractivity contribution is 9.10. The second kappa shape index (κ2) is 10.0. The van der Waals surface area contributed by atoms with Gasteiger partial charge in [-0.3, -0.25) is 14.4 Å². The Balaban J connectivity index is 1.38. The van der Waals surface area contributed by atoms with Gasteiger partial charge in [-0.25, -0.2) is 0 Å². The van der Waals surface area contributed by atoms with Crippen LogP contribution in [0.3, 0.4) is 0 Å². The monoisotopic (exact) mass is 564 g/mol. The number of nitrogens with zero attached hydrogens (tertiary/aromatic N) is 3. The minimum atomic E-state index is -0.159. The molecule has 9 heteroatoms. The van der Waals surface area contributed by atoms with Gasteiger partial charge >= 0.3 is 0 Å². The van der Waals surface area contributed by atoms with Crippen LogP contribution in [-0.2, 0) is 29.1 Å². The number of methoxy groups -OCH3 is 1. The number of benzene rings is 2. The molecule has 0 aliphatic carbocycles. The highest BCUT2D eigenvalue weighted by Crippen LogP contribution is 2.32. The summed E-state index contributed by atoms with van der Waals surface area (Å²) >= 11 is 3.57. The van der Waals surface area contributed by atoms with Crippen molar-refractivity contribution in [3.63, 3.8) is 0 Å². The van der Waals surface area contributed by atoms with E-state index in [1.165, 1.54) is 6.08 Å². The van der Waals surface area contributed by atoms with Crippen molar-refractivity contribution in [1.29, 1.82) is 0 Å². The number of aryl methyl sites for hydroxylation is 1. The minimum absolute atomic E-state index is 0.0623. The van der Waals surface area contributed by atoms with Crippen LogP contribution in [0.4, 0.5) is 0 Å². The minimum Gasteiger partial charge on any atom is -0.496 e. The van der Waals surface area contributed by atoms with E-state index in [0.29, 0.717) is 31.7 Å². The predicted molar refractivity (Wildman–Crippen MR) is 145 cm³/mol. The number of rotatable bonds is 6. The lowest BCUT2D eigenvalue weighted by Gasteiger charge is -2.38. The SMILES string of the molecule is C=CC(=O)N1CC(NC(=O)Cn2cc(C(=O)N3CCc4c(cccc4OC)C3)c3cc(Br)cc(C)c32)C1. The summed E-state index contributed by atoms with van der Waals surface area (Å²) in [6, 6.07) is 9.78. The predicted octanol–water partition coefficient (Wildman–Crippen LogP) is 3.43. The zero-order chi connectivity index (χ0) is 26.3. The number of carbonyl (C=O) groups excluding carboxylic acids is 3. The standard InChI is InChI=1S/C28H29BrN4O4/c1-4-26(35)32-13-20(14-32)30-25(34)16-33-15-23(22-11-19(29)10-17(2)27(22)33)28(36)31-9-8-21-18(12-31)6-5-7-24(21)37-3/h4-7,10-11,15,20H,1,8-9,12-14,16H2,2-3H3,(H,30,34). The first-order valence-corrected chi connectivity index (χ1v) is 13.0. The summed E-state index contributed by atoms with van der Waals surface area (Å²) in [6.45, 7) is 7.60. The van der Waals surface area contributed by atoms with E-state index in [4.69, 9.17) is 4.74 Å². The zero-order valence-electron chi connectivity index (χ0n) is 20.9. The zero-order valence-corrected chi connectivity index (χ0v) is 22.5. The molecule has 3 amide bonds. The molecule has 2 aliphatic rings. The van der Waals surface area contributed by atoms with Crippen LogP contribution >= 0.6 is 15.9 Å². The Labute approximate surface area is 224 Å². The smallest absolute Gasteiger partial charge is 0.256 e. The van der Waals surface area contributed by atoms with Gasteiger partial charge in [-0.2, -0.15) is 0 Å². The fourth-order valence-corrected chi connectivity index (χ4v) is 5.90. The van der Waals surface area contributed by atoms with Gasteiger partial charge < -0.3 is 24.4 Å². The summed E-state index contributed by atoms with van der Waals surface area (Å²) in [6.07, 6.45) is 3.80. The molecule has 37 heavy (non-hydrogen) atoms. The van der Waals surface area contributed by atoms with Crippen molar-refractivity contribution in [2.45, 2.75) is 32.5 Å². The van der Waals surface area contributed by atoms with Crippen molar-refractivity contribution in [1.82, 2.24) is 19.7 Å². The molecule has 3 heterocycles. The van der Waals surface area contributed by atoms with E-state index in [0.717, 1.165) is 44.2 Å². The van der Waals surface area contributed by atoms with Gasteiger partial charge in [0.1, 0.15) is 12.3 Å². The molecule has 0 bridgehead atoms. The highest BCUT2D eigenvalue weighted by atomic mass is 79.9. The number of nitrogens with one attached hydrogen (secondary N) is 1. The number of carbonyl (C=O) groups is 3. The molecule has 1 N–H and O–H groups in total. The van der Waals surface area contributed by atoms with Crippen molar-refractivity contribution < 1.29 is 19.1 Å². The van der Waals surface area contributed by atoms with Crippen LogP contribution in [0.2, 0.25) is 0 Å². The molecule has 192 valence electrons. The Hall–Kier alpha value is -3.59. The Morgan fingerprint density at radius 2 is 2.00 bits per heavy atom. The first-order valence-electron chi connectivity index (χ1n) is 12.2. The molecule has 0 unspecified atom stereocenters. The average Bonchev–Trinajstić information content (AvgIpc) is 3.22. The third-order valence-corrected chi connectivity index (χ3v) is 7.59.